The van der Waals surface area contributed by atoms with E-state index in [1.165, 1.54) is 0 Å². The zero-order valence-electron chi connectivity index (χ0n) is 17.2. The summed E-state index contributed by atoms with van der Waals surface area (Å²) in [5, 5.41) is 2.89. The molecular formula is C23H30N2O3. The minimum atomic E-state index is -0.549. The van der Waals surface area contributed by atoms with Crippen molar-refractivity contribution < 1.29 is 14.3 Å². The van der Waals surface area contributed by atoms with Crippen LogP contribution in [0.5, 0.6) is 5.75 Å². The van der Waals surface area contributed by atoms with Crippen LogP contribution in [0, 0.1) is 6.92 Å². The fraction of sp³-hybridized carbons (Fsp3) is 0.391. The maximum Gasteiger partial charge on any atom is 0.242 e. The van der Waals surface area contributed by atoms with E-state index in [1.54, 1.807) is 18.9 Å². The monoisotopic (exact) mass is 382 g/mol. The molecule has 0 aliphatic rings. The zero-order chi connectivity index (χ0) is 20.5. The molecule has 0 saturated heterocycles. The second-order valence-corrected chi connectivity index (χ2v) is 7.00. The number of hydrogen-bond acceptors (Lipinski definition) is 3. The highest BCUT2D eigenvalue weighted by Crippen LogP contribution is 2.16. The van der Waals surface area contributed by atoms with Crippen LogP contribution in [0.3, 0.4) is 0 Å². The second-order valence-electron chi connectivity index (χ2n) is 7.00. The van der Waals surface area contributed by atoms with Gasteiger partial charge in [0.1, 0.15) is 11.8 Å². The van der Waals surface area contributed by atoms with Gasteiger partial charge in [0, 0.05) is 13.1 Å². The molecule has 0 radical (unpaired) electrons. The van der Waals surface area contributed by atoms with Crippen molar-refractivity contribution in [1.29, 1.82) is 0 Å². The van der Waals surface area contributed by atoms with Gasteiger partial charge in [0.25, 0.3) is 0 Å². The molecule has 0 heterocycles. The Morgan fingerprint density at radius 2 is 1.64 bits per heavy atom. The maximum absolute atomic E-state index is 13.1. The minimum Gasteiger partial charge on any atom is -0.497 e. The summed E-state index contributed by atoms with van der Waals surface area (Å²) in [5.74, 6) is 0.557. The van der Waals surface area contributed by atoms with Crippen LogP contribution < -0.4 is 10.1 Å². The Labute approximate surface area is 167 Å². The normalized spacial score (nSPS) is 11.6. The number of carbonyl (C=O) groups excluding carboxylic acids is 2. The smallest absolute Gasteiger partial charge is 0.242 e. The van der Waals surface area contributed by atoms with E-state index in [0.29, 0.717) is 13.1 Å². The van der Waals surface area contributed by atoms with Crippen molar-refractivity contribution >= 4 is 11.8 Å². The van der Waals surface area contributed by atoms with Gasteiger partial charge in [-0.2, -0.15) is 0 Å². The van der Waals surface area contributed by atoms with Gasteiger partial charge in [-0.1, -0.05) is 48.9 Å². The van der Waals surface area contributed by atoms with Gasteiger partial charge < -0.3 is 15.0 Å². The van der Waals surface area contributed by atoms with Crippen molar-refractivity contribution in [2.45, 2.75) is 46.2 Å². The van der Waals surface area contributed by atoms with Crippen molar-refractivity contribution in [1.82, 2.24) is 10.2 Å². The molecule has 0 fully saturated rings. The summed E-state index contributed by atoms with van der Waals surface area (Å²) < 4.78 is 5.20. The highest BCUT2D eigenvalue weighted by Gasteiger charge is 2.26. The van der Waals surface area contributed by atoms with Crippen molar-refractivity contribution in [3.8, 4) is 5.75 Å². The fourth-order valence-corrected chi connectivity index (χ4v) is 2.89. The Bertz CT molecular complexity index is 769. The first-order valence-electron chi connectivity index (χ1n) is 9.70. The SMILES string of the molecule is CCCNC(=O)[C@H](C)N(Cc1ccc(OC)cc1)C(=O)Cc1ccc(C)cc1. The molecule has 0 unspecified atom stereocenters. The average molecular weight is 383 g/mol. The van der Waals surface area contributed by atoms with Crippen molar-refractivity contribution in [3.05, 3.63) is 65.2 Å². The number of carbonyl (C=O) groups is 2. The van der Waals surface area contributed by atoms with Gasteiger partial charge in [-0.15, -0.1) is 0 Å². The third-order valence-electron chi connectivity index (χ3n) is 4.70. The molecule has 5 heteroatoms. The first-order valence-corrected chi connectivity index (χ1v) is 9.70. The lowest BCUT2D eigenvalue weighted by Gasteiger charge is -2.29. The lowest BCUT2D eigenvalue weighted by atomic mass is 10.1. The summed E-state index contributed by atoms with van der Waals surface area (Å²) in [6, 6.07) is 14.9. The van der Waals surface area contributed by atoms with Crippen molar-refractivity contribution in [3.63, 3.8) is 0 Å². The van der Waals surface area contributed by atoms with Crippen LogP contribution in [-0.4, -0.2) is 36.4 Å². The number of amides is 2. The summed E-state index contributed by atoms with van der Waals surface area (Å²) in [6.45, 7) is 6.77. The number of ether oxygens (including phenoxy) is 1. The predicted molar refractivity (Wildman–Crippen MR) is 111 cm³/mol. The molecule has 0 saturated carbocycles. The van der Waals surface area contributed by atoms with Gasteiger partial charge in [0.15, 0.2) is 0 Å². The number of aryl methyl sites for hydroxylation is 1. The number of nitrogens with one attached hydrogen (secondary N) is 1. The third-order valence-corrected chi connectivity index (χ3v) is 4.70. The Kier molecular flexibility index (Phi) is 8.05. The minimum absolute atomic E-state index is 0.0705. The molecule has 2 amide bonds. The average Bonchev–Trinajstić information content (AvgIpc) is 2.71. The van der Waals surface area contributed by atoms with E-state index in [1.807, 2.05) is 62.4 Å². The van der Waals surface area contributed by atoms with E-state index in [-0.39, 0.29) is 18.2 Å². The largest absolute Gasteiger partial charge is 0.497 e. The molecule has 2 rings (SSSR count). The number of methoxy groups -OCH3 is 1. The highest BCUT2D eigenvalue weighted by molar-refractivity contribution is 5.88. The maximum atomic E-state index is 13.1. The van der Waals surface area contributed by atoms with Gasteiger partial charge in [0.2, 0.25) is 11.8 Å². The molecule has 0 spiro atoms. The topological polar surface area (TPSA) is 58.6 Å². The molecule has 150 valence electrons. The van der Waals surface area contributed by atoms with Gasteiger partial charge in [-0.05, 0) is 43.5 Å². The number of rotatable bonds is 9. The predicted octanol–water partition coefficient (Wildman–Crippen LogP) is 3.49. The number of nitrogens with zero attached hydrogens (tertiary/aromatic N) is 1. The fourth-order valence-electron chi connectivity index (χ4n) is 2.89. The van der Waals surface area contributed by atoms with E-state index < -0.39 is 6.04 Å². The Morgan fingerprint density at radius 3 is 2.21 bits per heavy atom. The Balaban J connectivity index is 2.18. The first kappa shape index (κ1) is 21.5. The Hall–Kier alpha value is -2.82. The summed E-state index contributed by atoms with van der Waals surface area (Å²) in [6.07, 6.45) is 1.12. The second kappa shape index (κ2) is 10.5. The Morgan fingerprint density at radius 1 is 1.04 bits per heavy atom. The van der Waals surface area contributed by atoms with Gasteiger partial charge in [-0.3, -0.25) is 9.59 Å². The number of benzene rings is 2. The van der Waals surface area contributed by atoms with Crippen LogP contribution in [0.25, 0.3) is 0 Å². The van der Waals surface area contributed by atoms with E-state index in [9.17, 15) is 9.59 Å². The molecule has 5 nitrogen and oxygen atoms in total. The quantitative estimate of drug-likeness (QED) is 0.722. The lowest BCUT2D eigenvalue weighted by Crippen LogP contribution is -2.48. The van der Waals surface area contributed by atoms with E-state index in [0.717, 1.165) is 28.9 Å². The first-order chi connectivity index (χ1) is 13.4. The van der Waals surface area contributed by atoms with Gasteiger partial charge in [0.05, 0.1) is 13.5 Å². The molecule has 0 bridgehead atoms. The summed E-state index contributed by atoms with van der Waals surface area (Å²) in [5.41, 5.74) is 3.04. The molecule has 28 heavy (non-hydrogen) atoms. The van der Waals surface area contributed by atoms with Crippen LogP contribution in [-0.2, 0) is 22.6 Å². The third kappa shape index (κ3) is 6.12. The molecule has 0 aliphatic heterocycles. The van der Waals surface area contributed by atoms with Crippen LogP contribution in [0.4, 0.5) is 0 Å². The molecule has 2 aromatic carbocycles. The molecule has 2 aromatic rings. The molecule has 0 aliphatic carbocycles. The van der Waals surface area contributed by atoms with Crippen LogP contribution in [0.1, 0.15) is 37.0 Å². The number of hydrogen-bond donors (Lipinski definition) is 1. The van der Waals surface area contributed by atoms with E-state index in [4.69, 9.17) is 4.74 Å². The standard InChI is InChI=1S/C23H30N2O3/c1-5-14-24-23(27)18(3)25(16-20-10-12-21(28-4)13-11-20)22(26)15-19-8-6-17(2)7-9-19/h6-13,18H,5,14-16H2,1-4H3,(H,24,27)/t18-/m0/s1. The molecule has 1 N–H and O–H groups in total. The molecular weight excluding hydrogens is 352 g/mol. The summed E-state index contributed by atoms with van der Waals surface area (Å²) >= 11 is 0. The van der Waals surface area contributed by atoms with Gasteiger partial charge in [-0.25, -0.2) is 0 Å². The zero-order valence-corrected chi connectivity index (χ0v) is 17.2. The van der Waals surface area contributed by atoms with Crippen LogP contribution in [0.15, 0.2) is 48.5 Å². The van der Waals surface area contributed by atoms with E-state index >= 15 is 0 Å². The van der Waals surface area contributed by atoms with Crippen molar-refractivity contribution in [2.75, 3.05) is 13.7 Å². The lowest BCUT2D eigenvalue weighted by molar-refractivity contribution is -0.140. The molecule has 1 atom stereocenters. The van der Waals surface area contributed by atoms with Crippen LogP contribution in [0.2, 0.25) is 0 Å². The van der Waals surface area contributed by atoms with Gasteiger partial charge >= 0.3 is 0 Å². The van der Waals surface area contributed by atoms with Crippen LogP contribution >= 0.6 is 0 Å². The summed E-state index contributed by atoms with van der Waals surface area (Å²) in [7, 11) is 1.62. The van der Waals surface area contributed by atoms with E-state index in [2.05, 4.69) is 5.32 Å². The summed E-state index contributed by atoms with van der Waals surface area (Å²) in [4.78, 5) is 27.2. The molecule has 0 aromatic heterocycles. The van der Waals surface area contributed by atoms with Crippen molar-refractivity contribution in [2.24, 2.45) is 0 Å². The highest BCUT2D eigenvalue weighted by atomic mass is 16.5.